The van der Waals surface area contributed by atoms with E-state index in [2.05, 4.69) is 60.6 Å². The minimum absolute atomic E-state index is 0.180. The third kappa shape index (κ3) is 5.52. The van der Waals surface area contributed by atoms with Gasteiger partial charge >= 0.3 is 6.09 Å². The van der Waals surface area contributed by atoms with Crippen LogP contribution in [0.25, 0.3) is 0 Å². The fraction of sp³-hybridized carbons (Fsp3) is 0.731. The summed E-state index contributed by atoms with van der Waals surface area (Å²) in [7, 11) is -1.85. The molecule has 1 heterocycles. The molecule has 31 heavy (non-hydrogen) atoms. The number of thiol groups is 1. The highest BCUT2D eigenvalue weighted by Gasteiger charge is 2.47. The minimum Gasteiger partial charge on any atom is -0.444 e. The van der Waals surface area contributed by atoms with E-state index in [1.165, 1.54) is 16.0 Å². The van der Waals surface area contributed by atoms with Crippen molar-refractivity contribution >= 4 is 32.0 Å². The Hall–Kier alpha value is -0.943. The Bertz CT molecular complexity index is 753. The molecule has 0 bridgehead atoms. The molecule has 1 fully saturated rings. The molecule has 0 spiro atoms. The summed E-state index contributed by atoms with van der Waals surface area (Å²) >= 11 is 5.08. The quantitative estimate of drug-likeness (QED) is 0.367. The first kappa shape index (κ1) is 26.3. The van der Waals surface area contributed by atoms with Gasteiger partial charge in [0.15, 0.2) is 0 Å². The van der Waals surface area contributed by atoms with Gasteiger partial charge in [0.05, 0.1) is 8.07 Å². The number of amides is 1. The molecule has 3 nitrogen and oxygen atoms in total. The van der Waals surface area contributed by atoms with Crippen LogP contribution in [0.3, 0.4) is 0 Å². The van der Waals surface area contributed by atoms with Crippen LogP contribution in [0.2, 0.25) is 16.6 Å². The van der Waals surface area contributed by atoms with Crippen molar-refractivity contribution in [2.24, 2.45) is 0 Å². The number of hydrogen-bond acceptors (Lipinski definition) is 3. The number of likely N-dealkylation sites (tertiary alicyclic amines) is 1. The zero-order valence-corrected chi connectivity index (χ0v) is 23.4. The van der Waals surface area contributed by atoms with Gasteiger partial charge in [0, 0.05) is 18.0 Å². The molecule has 0 atom stereocenters. The molecule has 1 saturated heterocycles. The molecule has 1 aromatic rings. The number of ether oxygens (including phenoxy) is 1. The molecule has 0 N–H and O–H groups in total. The molecule has 1 aliphatic heterocycles. The van der Waals surface area contributed by atoms with Crippen molar-refractivity contribution in [1.29, 1.82) is 0 Å². The first-order valence-electron chi connectivity index (χ1n) is 12.0. The fourth-order valence-corrected chi connectivity index (χ4v) is 14.1. The molecule has 2 rings (SSSR count). The van der Waals surface area contributed by atoms with Crippen LogP contribution in [-0.4, -0.2) is 37.8 Å². The Morgan fingerprint density at radius 3 is 1.94 bits per heavy atom. The minimum atomic E-state index is -1.85. The predicted molar refractivity (Wildman–Crippen MR) is 139 cm³/mol. The second-order valence-electron chi connectivity index (χ2n) is 11.4. The third-order valence-electron chi connectivity index (χ3n) is 7.18. The molecule has 1 aliphatic rings. The van der Waals surface area contributed by atoms with E-state index < -0.39 is 13.7 Å². The van der Waals surface area contributed by atoms with E-state index in [1.807, 2.05) is 25.7 Å². The van der Waals surface area contributed by atoms with Gasteiger partial charge in [-0.15, -0.1) is 12.6 Å². The fourth-order valence-electron chi connectivity index (χ4n) is 6.15. The molecule has 1 amide bonds. The Labute approximate surface area is 197 Å². The van der Waals surface area contributed by atoms with Gasteiger partial charge < -0.3 is 9.64 Å². The van der Waals surface area contributed by atoms with Gasteiger partial charge in [-0.05, 0) is 85.5 Å². The van der Waals surface area contributed by atoms with Crippen LogP contribution in [0.4, 0.5) is 4.79 Å². The maximum Gasteiger partial charge on any atom is 0.410 e. The Morgan fingerprint density at radius 2 is 1.52 bits per heavy atom. The normalized spacial score (nSPS) is 16.5. The van der Waals surface area contributed by atoms with Gasteiger partial charge in [0.2, 0.25) is 0 Å². The lowest BCUT2D eigenvalue weighted by Crippen LogP contribution is -2.58. The average molecular weight is 464 g/mol. The monoisotopic (exact) mass is 463 g/mol. The first-order chi connectivity index (χ1) is 14.2. The lowest BCUT2D eigenvalue weighted by Gasteiger charge is -2.47. The summed E-state index contributed by atoms with van der Waals surface area (Å²) in [5.74, 6) is 0.475. The number of rotatable bonds is 5. The smallest absolute Gasteiger partial charge is 0.410 e. The number of carbonyl (C=O) groups excluding carboxylic acids is 1. The van der Waals surface area contributed by atoms with Crippen molar-refractivity contribution in [3.63, 3.8) is 0 Å². The van der Waals surface area contributed by atoms with Crippen LogP contribution in [0.5, 0.6) is 0 Å². The maximum absolute atomic E-state index is 12.6. The molecule has 1 aromatic carbocycles. The van der Waals surface area contributed by atoms with Crippen LogP contribution in [0.1, 0.15) is 92.2 Å². The van der Waals surface area contributed by atoms with Crippen LogP contribution in [0.15, 0.2) is 17.0 Å². The van der Waals surface area contributed by atoms with Crippen molar-refractivity contribution in [2.45, 2.75) is 115 Å². The summed E-state index contributed by atoms with van der Waals surface area (Å²) < 4.78 is 5.61. The molecule has 5 heteroatoms. The van der Waals surface area contributed by atoms with Crippen LogP contribution in [-0.2, 0) is 4.74 Å². The standard InChI is InChI=1S/C26H45NO2SSi/c1-17(2)31(18(3)4,19(5)6)24-22(15-20(7)16-23(24)30)21-11-13-27(14-12-21)25(28)29-26(8,9)10/h15-19,21,30H,11-14H2,1-10H3. The van der Waals surface area contributed by atoms with Crippen molar-refractivity contribution in [3.05, 3.63) is 23.3 Å². The predicted octanol–water partition coefficient (Wildman–Crippen LogP) is 7.28. The van der Waals surface area contributed by atoms with Gasteiger partial charge in [-0.1, -0.05) is 47.6 Å². The summed E-state index contributed by atoms with van der Waals surface area (Å²) in [5, 5.41) is 1.58. The second-order valence-corrected chi connectivity index (χ2v) is 17.7. The summed E-state index contributed by atoms with van der Waals surface area (Å²) in [5.41, 5.74) is 4.27. The summed E-state index contributed by atoms with van der Waals surface area (Å²) in [6.07, 6.45) is 1.80. The summed E-state index contributed by atoms with van der Waals surface area (Å²) in [6, 6.07) is 4.70. The molecule has 0 saturated carbocycles. The van der Waals surface area contributed by atoms with E-state index in [4.69, 9.17) is 17.4 Å². The van der Waals surface area contributed by atoms with Crippen LogP contribution >= 0.6 is 12.6 Å². The Morgan fingerprint density at radius 1 is 1.03 bits per heavy atom. The van der Waals surface area contributed by atoms with Crippen LogP contribution < -0.4 is 5.19 Å². The van der Waals surface area contributed by atoms with E-state index >= 15 is 0 Å². The number of hydrogen-bond donors (Lipinski definition) is 1. The van der Waals surface area contributed by atoms with Gasteiger partial charge in [0.1, 0.15) is 5.60 Å². The van der Waals surface area contributed by atoms with Gasteiger partial charge in [-0.2, -0.15) is 0 Å². The summed E-state index contributed by atoms with van der Waals surface area (Å²) in [4.78, 5) is 15.6. The van der Waals surface area contributed by atoms with Gasteiger partial charge in [-0.25, -0.2) is 4.79 Å². The zero-order valence-electron chi connectivity index (χ0n) is 21.5. The highest BCUT2D eigenvalue weighted by molar-refractivity contribution is 7.80. The molecular formula is C26H45NO2SSi. The number of nitrogens with zero attached hydrogens (tertiary/aromatic N) is 1. The molecule has 0 radical (unpaired) electrons. The summed E-state index contributed by atoms with van der Waals surface area (Å²) in [6.45, 7) is 24.0. The third-order valence-corrected chi connectivity index (χ3v) is 14.9. The zero-order chi connectivity index (χ0) is 23.7. The number of carbonyl (C=O) groups is 1. The molecule has 0 aliphatic carbocycles. The van der Waals surface area contributed by atoms with E-state index in [9.17, 15) is 4.79 Å². The number of aryl methyl sites for hydroxylation is 1. The molecular weight excluding hydrogens is 418 g/mol. The van der Waals surface area contributed by atoms with Crippen molar-refractivity contribution in [2.75, 3.05) is 13.1 Å². The highest BCUT2D eigenvalue weighted by Crippen LogP contribution is 2.44. The van der Waals surface area contributed by atoms with E-state index in [-0.39, 0.29) is 6.09 Å². The van der Waals surface area contributed by atoms with Crippen LogP contribution in [0, 0.1) is 6.92 Å². The van der Waals surface area contributed by atoms with E-state index in [0.717, 1.165) is 25.9 Å². The first-order valence-corrected chi connectivity index (χ1v) is 14.7. The van der Waals surface area contributed by atoms with Gasteiger partial charge in [0.25, 0.3) is 0 Å². The number of piperidine rings is 1. The maximum atomic E-state index is 12.6. The Kier molecular flexibility index (Phi) is 8.41. The Balaban J connectivity index is 2.45. The van der Waals surface area contributed by atoms with Crippen molar-refractivity contribution < 1.29 is 9.53 Å². The van der Waals surface area contributed by atoms with Crippen molar-refractivity contribution in [3.8, 4) is 0 Å². The van der Waals surface area contributed by atoms with Crippen molar-refractivity contribution in [1.82, 2.24) is 4.90 Å². The largest absolute Gasteiger partial charge is 0.444 e. The second kappa shape index (κ2) is 9.90. The molecule has 0 aromatic heterocycles. The van der Waals surface area contributed by atoms with E-state index in [0.29, 0.717) is 22.5 Å². The number of benzene rings is 1. The SMILES string of the molecule is Cc1cc(S)c([Si](C(C)C)(C(C)C)C(C)C)c(C2CCN(C(=O)OC(C)(C)C)CC2)c1. The average Bonchev–Trinajstić information content (AvgIpc) is 2.61. The van der Waals surface area contributed by atoms with Gasteiger partial charge in [-0.3, -0.25) is 0 Å². The molecule has 0 unspecified atom stereocenters. The lowest BCUT2D eigenvalue weighted by atomic mass is 9.88. The molecule has 176 valence electrons. The lowest BCUT2D eigenvalue weighted by molar-refractivity contribution is 0.0205. The topological polar surface area (TPSA) is 29.5 Å². The highest BCUT2D eigenvalue weighted by atomic mass is 32.1. The van der Waals surface area contributed by atoms with E-state index in [1.54, 1.807) is 5.19 Å².